The summed E-state index contributed by atoms with van der Waals surface area (Å²) < 4.78 is 5.39. The highest BCUT2D eigenvalue weighted by Gasteiger charge is 2.11. The van der Waals surface area contributed by atoms with Crippen molar-refractivity contribution in [2.75, 3.05) is 13.7 Å². The monoisotopic (exact) mass is 246 g/mol. The smallest absolute Gasteiger partial charge is 0.237 e. The molecule has 1 aromatic carbocycles. The fourth-order valence-electron chi connectivity index (χ4n) is 1.45. The van der Waals surface area contributed by atoms with Crippen LogP contribution in [0.2, 0.25) is 0 Å². The molecule has 0 heterocycles. The highest BCUT2D eigenvalue weighted by Crippen LogP contribution is 2.13. The zero-order valence-electron chi connectivity index (χ0n) is 10.7. The number of hydrogen-bond donors (Lipinski definition) is 2. The number of rotatable bonds is 5. The molecule has 1 atom stereocenters. The number of benzene rings is 1. The number of carbonyl (C=O) groups is 1. The molecular weight excluding hydrogens is 228 g/mol. The molecule has 4 heteroatoms. The Morgan fingerprint density at radius 1 is 1.44 bits per heavy atom. The Morgan fingerprint density at radius 2 is 2.11 bits per heavy atom. The Labute approximate surface area is 108 Å². The fourth-order valence-corrected chi connectivity index (χ4v) is 1.45. The van der Waals surface area contributed by atoms with Crippen molar-refractivity contribution in [3.8, 4) is 17.6 Å². The van der Waals surface area contributed by atoms with Crippen LogP contribution in [-0.2, 0) is 11.2 Å². The number of ether oxygens (including phenoxy) is 1. The van der Waals surface area contributed by atoms with E-state index in [0.717, 1.165) is 11.3 Å². The van der Waals surface area contributed by atoms with Gasteiger partial charge in [-0.15, -0.1) is 5.92 Å². The van der Waals surface area contributed by atoms with Gasteiger partial charge in [0.1, 0.15) is 12.4 Å². The Morgan fingerprint density at radius 3 is 2.67 bits per heavy atom. The van der Waals surface area contributed by atoms with Crippen LogP contribution in [0.3, 0.4) is 0 Å². The van der Waals surface area contributed by atoms with E-state index in [2.05, 4.69) is 17.2 Å². The molecule has 0 aliphatic rings. The maximum atomic E-state index is 11.3. The van der Waals surface area contributed by atoms with Gasteiger partial charge in [-0.1, -0.05) is 18.1 Å². The van der Waals surface area contributed by atoms with E-state index in [1.54, 1.807) is 14.0 Å². The van der Waals surface area contributed by atoms with E-state index in [1.165, 1.54) is 0 Å². The van der Waals surface area contributed by atoms with Crippen LogP contribution < -0.4 is 15.8 Å². The first-order valence-electron chi connectivity index (χ1n) is 5.76. The predicted molar refractivity (Wildman–Crippen MR) is 71.1 cm³/mol. The third-order valence-corrected chi connectivity index (χ3v) is 2.45. The van der Waals surface area contributed by atoms with Gasteiger partial charge in [-0.3, -0.25) is 4.79 Å². The van der Waals surface area contributed by atoms with Crippen LogP contribution in [0.25, 0.3) is 0 Å². The van der Waals surface area contributed by atoms with Crippen molar-refractivity contribution in [1.29, 1.82) is 0 Å². The molecule has 3 N–H and O–H groups in total. The van der Waals surface area contributed by atoms with Crippen LogP contribution in [-0.4, -0.2) is 25.6 Å². The number of hydrogen-bond acceptors (Lipinski definition) is 3. The molecule has 18 heavy (non-hydrogen) atoms. The largest absolute Gasteiger partial charge is 0.481 e. The van der Waals surface area contributed by atoms with E-state index >= 15 is 0 Å². The Kier molecular flexibility index (Phi) is 5.75. The molecule has 4 nitrogen and oxygen atoms in total. The van der Waals surface area contributed by atoms with Crippen molar-refractivity contribution in [3.05, 3.63) is 29.8 Å². The first kappa shape index (κ1) is 14.1. The lowest BCUT2D eigenvalue weighted by Gasteiger charge is -2.10. The Hall–Kier alpha value is -1.99. The van der Waals surface area contributed by atoms with Gasteiger partial charge in [0, 0.05) is 7.05 Å². The van der Waals surface area contributed by atoms with Crippen molar-refractivity contribution >= 4 is 5.91 Å². The van der Waals surface area contributed by atoms with Gasteiger partial charge in [0.2, 0.25) is 5.91 Å². The van der Waals surface area contributed by atoms with Gasteiger partial charge in [-0.25, -0.2) is 0 Å². The summed E-state index contributed by atoms with van der Waals surface area (Å²) in [5, 5.41) is 2.53. The van der Waals surface area contributed by atoms with Crippen molar-refractivity contribution in [1.82, 2.24) is 5.32 Å². The van der Waals surface area contributed by atoms with E-state index in [0.29, 0.717) is 13.0 Å². The van der Waals surface area contributed by atoms with Crippen molar-refractivity contribution in [2.24, 2.45) is 5.73 Å². The van der Waals surface area contributed by atoms with Crippen molar-refractivity contribution in [3.63, 3.8) is 0 Å². The topological polar surface area (TPSA) is 64.3 Å². The second-order valence-corrected chi connectivity index (χ2v) is 3.78. The summed E-state index contributed by atoms with van der Waals surface area (Å²) in [5.41, 5.74) is 6.73. The second-order valence-electron chi connectivity index (χ2n) is 3.78. The summed E-state index contributed by atoms with van der Waals surface area (Å²) in [6.45, 7) is 2.15. The molecule has 0 aliphatic heterocycles. The summed E-state index contributed by atoms with van der Waals surface area (Å²) >= 11 is 0. The quantitative estimate of drug-likeness (QED) is 0.752. The van der Waals surface area contributed by atoms with E-state index in [-0.39, 0.29) is 5.91 Å². The molecule has 0 radical (unpaired) electrons. The minimum Gasteiger partial charge on any atom is -0.481 e. The Balaban J connectivity index is 2.53. The van der Waals surface area contributed by atoms with Crippen LogP contribution >= 0.6 is 0 Å². The van der Waals surface area contributed by atoms with Crippen LogP contribution in [0.15, 0.2) is 24.3 Å². The van der Waals surface area contributed by atoms with Gasteiger partial charge >= 0.3 is 0 Å². The normalized spacial score (nSPS) is 11.1. The van der Waals surface area contributed by atoms with E-state index in [9.17, 15) is 4.79 Å². The zero-order valence-corrected chi connectivity index (χ0v) is 10.7. The minimum atomic E-state index is -0.521. The summed E-state index contributed by atoms with van der Waals surface area (Å²) in [6.07, 6.45) is 0.509. The lowest BCUT2D eigenvalue weighted by molar-refractivity contribution is -0.121. The standard InChI is InChI=1S/C14H18N2O2/c1-3-4-9-18-12-7-5-11(6-8-12)10-13(15)14(17)16-2/h5-8,13H,9-10,15H2,1-2H3,(H,16,17). The average molecular weight is 246 g/mol. The molecule has 0 fully saturated rings. The maximum Gasteiger partial charge on any atom is 0.237 e. The molecule has 1 unspecified atom stereocenters. The molecule has 1 aromatic rings. The molecule has 0 aromatic heterocycles. The summed E-state index contributed by atoms with van der Waals surface area (Å²) in [7, 11) is 1.58. The molecule has 0 spiro atoms. The molecule has 1 rings (SSSR count). The lowest BCUT2D eigenvalue weighted by Crippen LogP contribution is -2.40. The van der Waals surface area contributed by atoms with Crippen LogP contribution in [0.5, 0.6) is 5.75 Å². The number of likely N-dealkylation sites (N-methyl/N-ethyl adjacent to an activating group) is 1. The van der Waals surface area contributed by atoms with Crippen LogP contribution in [0, 0.1) is 11.8 Å². The summed E-state index contributed by atoms with van der Waals surface area (Å²) in [6, 6.07) is 6.98. The number of nitrogens with one attached hydrogen (secondary N) is 1. The number of amides is 1. The zero-order chi connectivity index (χ0) is 13.4. The highest BCUT2D eigenvalue weighted by atomic mass is 16.5. The third-order valence-electron chi connectivity index (χ3n) is 2.45. The first-order valence-corrected chi connectivity index (χ1v) is 5.76. The minimum absolute atomic E-state index is 0.159. The van der Waals surface area contributed by atoms with Crippen molar-refractivity contribution in [2.45, 2.75) is 19.4 Å². The predicted octanol–water partition coefficient (Wildman–Crippen LogP) is 0.704. The van der Waals surface area contributed by atoms with Gasteiger partial charge in [-0.05, 0) is 31.0 Å². The summed E-state index contributed by atoms with van der Waals surface area (Å²) in [5.74, 6) is 6.18. The van der Waals surface area contributed by atoms with Gasteiger partial charge in [0.25, 0.3) is 0 Å². The molecule has 0 saturated carbocycles. The molecule has 96 valence electrons. The SMILES string of the molecule is CC#CCOc1ccc(CC(N)C(=O)NC)cc1. The van der Waals surface area contributed by atoms with Crippen molar-refractivity contribution < 1.29 is 9.53 Å². The highest BCUT2D eigenvalue weighted by molar-refractivity contribution is 5.81. The van der Waals surface area contributed by atoms with Gasteiger partial charge < -0.3 is 15.8 Å². The molecule has 0 bridgehead atoms. The summed E-state index contributed by atoms with van der Waals surface area (Å²) in [4.78, 5) is 11.3. The average Bonchev–Trinajstić information content (AvgIpc) is 2.40. The second kappa shape index (κ2) is 7.36. The van der Waals surface area contributed by atoms with E-state index < -0.39 is 6.04 Å². The lowest BCUT2D eigenvalue weighted by atomic mass is 10.1. The Bertz CT molecular complexity index is 443. The maximum absolute atomic E-state index is 11.3. The molecule has 1 amide bonds. The number of carbonyl (C=O) groups excluding carboxylic acids is 1. The third kappa shape index (κ3) is 4.48. The number of nitrogens with two attached hydrogens (primary N) is 1. The van der Waals surface area contributed by atoms with E-state index in [4.69, 9.17) is 10.5 Å². The van der Waals surface area contributed by atoms with Gasteiger partial charge in [-0.2, -0.15) is 0 Å². The molecule has 0 saturated heterocycles. The first-order chi connectivity index (χ1) is 8.67. The van der Waals surface area contributed by atoms with Gasteiger partial charge in [0.05, 0.1) is 6.04 Å². The van der Waals surface area contributed by atoms with Crippen LogP contribution in [0.4, 0.5) is 0 Å². The molecular formula is C14H18N2O2. The fraction of sp³-hybridized carbons (Fsp3) is 0.357. The van der Waals surface area contributed by atoms with E-state index in [1.807, 2.05) is 24.3 Å². The molecule has 0 aliphatic carbocycles. The van der Waals surface area contributed by atoms with Crippen LogP contribution in [0.1, 0.15) is 12.5 Å². The van der Waals surface area contributed by atoms with Gasteiger partial charge in [0.15, 0.2) is 0 Å².